The van der Waals surface area contributed by atoms with E-state index in [2.05, 4.69) is 0 Å². The average molecular weight is 259 g/mol. The third-order valence-corrected chi connectivity index (χ3v) is 2.57. The van der Waals surface area contributed by atoms with Crippen molar-refractivity contribution < 1.29 is 19.4 Å². The maximum absolute atomic E-state index is 11.9. The zero-order valence-electron chi connectivity index (χ0n) is 11.5. The summed E-state index contributed by atoms with van der Waals surface area (Å²) in [7, 11) is 0. The Bertz CT molecular complexity index is 243. The molecule has 0 aliphatic carbocycles. The van der Waals surface area contributed by atoms with Gasteiger partial charge in [0.2, 0.25) is 5.91 Å². The van der Waals surface area contributed by atoms with Gasteiger partial charge in [-0.3, -0.25) is 9.59 Å². The summed E-state index contributed by atoms with van der Waals surface area (Å²) in [4.78, 5) is 24.8. The molecule has 0 spiro atoms. The first-order valence-corrected chi connectivity index (χ1v) is 6.69. The van der Waals surface area contributed by atoms with E-state index in [-0.39, 0.29) is 24.9 Å². The summed E-state index contributed by atoms with van der Waals surface area (Å²) in [6.07, 6.45) is 3.09. The van der Waals surface area contributed by atoms with Crippen molar-refractivity contribution in [2.75, 3.05) is 26.3 Å². The Balaban J connectivity index is 4.12. The Kier molecular flexibility index (Phi) is 10.3. The van der Waals surface area contributed by atoms with Crippen LogP contribution in [0, 0.1) is 0 Å². The number of hydrogen-bond donors (Lipinski definition) is 1. The quantitative estimate of drug-likeness (QED) is 0.601. The van der Waals surface area contributed by atoms with Crippen molar-refractivity contribution in [3.63, 3.8) is 0 Å². The van der Waals surface area contributed by atoms with E-state index in [9.17, 15) is 9.59 Å². The number of nitrogens with zero attached hydrogens (tertiary/aromatic N) is 1. The van der Waals surface area contributed by atoms with Crippen LogP contribution in [-0.4, -0.2) is 48.2 Å². The Labute approximate surface area is 109 Å². The molecule has 0 rings (SSSR count). The molecule has 0 radical (unpaired) electrons. The van der Waals surface area contributed by atoms with Crippen molar-refractivity contribution in [2.24, 2.45) is 0 Å². The van der Waals surface area contributed by atoms with Crippen LogP contribution in [0.4, 0.5) is 0 Å². The second kappa shape index (κ2) is 11.0. The highest BCUT2D eigenvalue weighted by Crippen LogP contribution is 2.03. The predicted octanol–water partition coefficient (Wildman–Crippen LogP) is 1.34. The lowest BCUT2D eigenvalue weighted by atomic mass is 10.2. The van der Waals surface area contributed by atoms with Crippen LogP contribution in [0.2, 0.25) is 0 Å². The van der Waals surface area contributed by atoms with Gasteiger partial charge in [0.25, 0.3) is 0 Å². The normalized spacial score (nSPS) is 10.2. The summed E-state index contributed by atoms with van der Waals surface area (Å²) in [5.41, 5.74) is 0. The molecule has 0 fully saturated rings. The second-order valence-electron chi connectivity index (χ2n) is 4.12. The number of carbonyl (C=O) groups excluding carboxylic acids is 2. The van der Waals surface area contributed by atoms with E-state index in [4.69, 9.17) is 9.84 Å². The molecule has 0 saturated carbocycles. The van der Waals surface area contributed by atoms with Crippen LogP contribution < -0.4 is 0 Å². The lowest BCUT2D eigenvalue weighted by Crippen LogP contribution is -2.34. The number of carbonyl (C=O) groups is 2. The maximum Gasteiger partial charge on any atom is 0.307 e. The van der Waals surface area contributed by atoms with Crippen molar-refractivity contribution in [1.29, 1.82) is 0 Å². The average Bonchev–Trinajstić information content (AvgIpc) is 2.36. The summed E-state index contributed by atoms with van der Waals surface area (Å²) >= 11 is 0. The van der Waals surface area contributed by atoms with Crippen LogP contribution in [0.15, 0.2) is 0 Å². The molecular formula is C13H25NO4. The van der Waals surface area contributed by atoms with Crippen molar-refractivity contribution in [3.8, 4) is 0 Å². The topological polar surface area (TPSA) is 66.8 Å². The fourth-order valence-electron chi connectivity index (χ4n) is 1.57. The number of esters is 1. The van der Waals surface area contributed by atoms with Gasteiger partial charge < -0.3 is 14.7 Å². The number of amides is 1. The highest BCUT2D eigenvalue weighted by Gasteiger charge is 2.14. The smallest absolute Gasteiger partial charge is 0.307 e. The van der Waals surface area contributed by atoms with Crippen molar-refractivity contribution in [1.82, 2.24) is 4.90 Å². The molecule has 5 heteroatoms. The van der Waals surface area contributed by atoms with E-state index >= 15 is 0 Å². The van der Waals surface area contributed by atoms with E-state index in [0.717, 1.165) is 12.8 Å². The van der Waals surface area contributed by atoms with Gasteiger partial charge in [0.1, 0.15) is 0 Å². The van der Waals surface area contributed by atoms with Crippen LogP contribution in [0.25, 0.3) is 0 Å². The molecule has 0 unspecified atom stereocenters. The minimum atomic E-state index is -0.283. The molecule has 0 bridgehead atoms. The fourth-order valence-corrected chi connectivity index (χ4v) is 1.57. The van der Waals surface area contributed by atoms with Gasteiger partial charge in [0.15, 0.2) is 0 Å². The summed E-state index contributed by atoms with van der Waals surface area (Å²) in [6, 6.07) is 0. The molecule has 0 heterocycles. The van der Waals surface area contributed by atoms with Crippen molar-refractivity contribution >= 4 is 11.9 Å². The van der Waals surface area contributed by atoms with Crippen molar-refractivity contribution in [3.05, 3.63) is 0 Å². The monoisotopic (exact) mass is 259 g/mol. The molecule has 0 aliphatic heterocycles. The first-order chi connectivity index (χ1) is 8.65. The van der Waals surface area contributed by atoms with Crippen molar-refractivity contribution in [2.45, 2.75) is 46.0 Å². The van der Waals surface area contributed by atoms with E-state index < -0.39 is 0 Å². The number of hydrogen-bond acceptors (Lipinski definition) is 4. The summed E-state index contributed by atoms with van der Waals surface area (Å²) in [5, 5.41) is 8.81. The lowest BCUT2D eigenvalue weighted by Gasteiger charge is -2.22. The number of ether oxygens (including phenoxy) is 1. The molecule has 1 amide bonds. The largest absolute Gasteiger partial charge is 0.466 e. The minimum Gasteiger partial charge on any atom is -0.466 e. The van der Waals surface area contributed by atoms with Gasteiger partial charge in [-0.15, -0.1) is 0 Å². The Morgan fingerprint density at radius 1 is 1.11 bits per heavy atom. The van der Waals surface area contributed by atoms with Gasteiger partial charge in [0.05, 0.1) is 13.0 Å². The molecule has 1 N–H and O–H groups in total. The summed E-state index contributed by atoms with van der Waals surface area (Å²) in [5.74, 6) is -0.232. The summed E-state index contributed by atoms with van der Waals surface area (Å²) in [6.45, 7) is 5.08. The molecule has 106 valence electrons. The highest BCUT2D eigenvalue weighted by molar-refractivity contribution is 5.77. The number of unbranched alkanes of at least 4 members (excludes halogenated alkanes) is 1. The zero-order valence-corrected chi connectivity index (χ0v) is 11.5. The SMILES string of the molecule is CCCCC(=O)N(CCCO)CCC(=O)OCC. The Morgan fingerprint density at radius 2 is 1.83 bits per heavy atom. The molecule has 0 aromatic rings. The standard InChI is InChI=1S/C13H25NO4/c1-3-5-7-12(16)14(9-6-11-15)10-8-13(17)18-4-2/h15H,3-11H2,1-2H3. The molecule has 18 heavy (non-hydrogen) atoms. The van der Waals surface area contributed by atoms with Crippen LogP contribution in [0.5, 0.6) is 0 Å². The van der Waals surface area contributed by atoms with Crippen LogP contribution >= 0.6 is 0 Å². The first-order valence-electron chi connectivity index (χ1n) is 6.69. The van der Waals surface area contributed by atoms with Gasteiger partial charge in [-0.25, -0.2) is 0 Å². The molecule has 0 aromatic carbocycles. The van der Waals surface area contributed by atoms with Crippen LogP contribution in [0.3, 0.4) is 0 Å². The number of rotatable bonds is 10. The summed E-state index contributed by atoms with van der Waals surface area (Å²) < 4.78 is 4.83. The first kappa shape index (κ1) is 16.9. The molecule has 5 nitrogen and oxygen atoms in total. The van der Waals surface area contributed by atoms with Gasteiger partial charge in [0, 0.05) is 26.1 Å². The highest BCUT2D eigenvalue weighted by atomic mass is 16.5. The second-order valence-corrected chi connectivity index (χ2v) is 4.12. The van der Waals surface area contributed by atoms with E-state index in [1.807, 2.05) is 6.92 Å². The molecule has 0 aromatic heterocycles. The molecular weight excluding hydrogens is 234 g/mol. The Morgan fingerprint density at radius 3 is 2.39 bits per heavy atom. The van der Waals surface area contributed by atoms with E-state index in [1.165, 1.54) is 0 Å². The minimum absolute atomic E-state index is 0.0506. The van der Waals surface area contributed by atoms with Gasteiger partial charge in [-0.2, -0.15) is 0 Å². The zero-order chi connectivity index (χ0) is 13.8. The lowest BCUT2D eigenvalue weighted by molar-refractivity contribution is -0.144. The predicted molar refractivity (Wildman–Crippen MR) is 69.1 cm³/mol. The van der Waals surface area contributed by atoms with Crippen LogP contribution in [-0.2, 0) is 14.3 Å². The molecule has 0 aliphatic rings. The van der Waals surface area contributed by atoms with Gasteiger partial charge in [-0.1, -0.05) is 13.3 Å². The van der Waals surface area contributed by atoms with Crippen LogP contribution in [0.1, 0.15) is 46.0 Å². The molecule has 0 saturated heterocycles. The molecule has 0 atom stereocenters. The Hall–Kier alpha value is -1.10. The number of aliphatic hydroxyl groups excluding tert-OH is 1. The third kappa shape index (κ3) is 8.06. The van der Waals surface area contributed by atoms with E-state index in [1.54, 1.807) is 11.8 Å². The van der Waals surface area contributed by atoms with Gasteiger partial charge in [-0.05, 0) is 19.8 Å². The third-order valence-electron chi connectivity index (χ3n) is 2.57. The number of aliphatic hydroxyl groups is 1. The maximum atomic E-state index is 11.9. The van der Waals surface area contributed by atoms with Gasteiger partial charge >= 0.3 is 5.97 Å². The van der Waals surface area contributed by atoms with E-state index in [0.29, 0.717) is 32.5 Å². The fraction of sp³-hybridized carbons (Fsp3) is 0.846.